The second-order valence-corrected chi connectivity index (χ2v) is 5.49. The Bertz CT molecular complexity index is 165. The quantitative estimate of drug-likeness (QED) is 0.464. The van der Waals surface area contributed by atoms with E-state index in [2.05, 4.69) is 6.92 Å². The van der Waals surface area contributed by atoms with Gasteiger partial charge in [0.05, 0.1) is 0 Å². The summed E-state index contributed by atoms with van der Waals surface area (Å²) >= 11 is 0. The molecule has 3 nitrogen and oxygen atoms in total. The molecule has 0 aliphatic heterocycles. The molecule has 0 unspecified atom stereocenters. The van der Waals surface area contributed by atoms with Gasteiger partial charge in [-0.2, -0.15) is 0 Å². The Balaban J connectivity index is 3.03. The fourth-order valence-corrected chi connectivity index (χ4v) is 2.01. The SMILES string of the molecule is [CH2]CCCCCCCCCP(=O)(O)O. The van der Waals surface area contributed by atoms with Crippen molar-refractivity contribution in [2.24, 2.45) is 0 Å². The molecule has 0 aromatic rings. The molecule has 0 aromatic carbocycles. The second kappa shape index (κ2) is 8.46. The van der Waals surface area contributed by atoms with Gasteiger partial charge in [-0.15, -0.1) is 0 Å². The van der Waals surface area contributed by atoms with Gasteiger partial charge in [0.2, 0.25) is 0 Å². The minimum Gasteiger partial charge on any atom is -0.324 e. The zero-order valence-corrected chi connectivity index (χ0v) is 9.72. The summed E-state index contributed by atoms with van der Waals surface area (Å²) in [5.74, 6) is 0. The fraction of sp³-hybridized carbons (Fsp3) is 0.900. The van der Waals surface area contributed by atoms with Gasteiger partial charge < -0.3 is 9.79 Å². The van der Waals surface area contributed by atoms with E-state index < -0.39 is 7.60 Å². The normalized spacial score (nSPS) is 11.9. The van der Waals surface area contributed by atoms with Crippen molar-refractivity contribution < 1.29 is 14.4 Å². The Hall–Kier alpha value is 0.150. The van der Waals surface area contributed by atoms with Gasteiger partial charge in [-0.1, -0.05) is 51.9 Å². The van der Waals surface area contributed by atoms with Crippen LogP contribution in [0.2, 0.25) is 0 Å². The third-order valence-corrected chi connectivity index (χ3v) is 3.10. The standard InChI is InChI=1S/C10H22O3P/c1-2-3-4-5-6-7-8-9-10-14(11,12)13/h1-10H2,(H2,11,12,13). The van der Waals surface area contributed by atoms with Crippen LogP contribution in [0, 0.1) is 6.92 Å². The monoisotopic (exact) mass is 221 g/mol. The lowest BCUT2D eigenvalue weighted by atomic mass is 10.1. The van der Waals surface area contributed by atoms with E-state index in [-0.39, 0.29) is 6.16 Å². The van der Waals surface area contributed by atoms with Crippen molar-refractivity contribution in [1.82, 2.24) is 0 Å². The third-order valence-electron chi connectivity index (χ3n) is 2.20. The van der Waals surface area contributed by atoms with Gasteiger partial charge in [-0.25, -0.2) is 0 Å². The summed E-state index contributed by atoms with van der Waals surface area (Å²) in [6.45, 7) is 3.77. The number of hydrogen-bond donors (Lipinski definition) is 2. The zero-order chi connectivity index (χ0) is 10.9. The van der Waals surface area contributed by atoms with Crippen LogP contribution in [-0.2, 0) is 4.57 Å². The summed E-state index contributed by atoms with van der Waals surface area (Å²) in [5.41, 5.74) is 0. The first-order valence-corrected chi connectivity index (χ1v) is 7.20. The lowest BCUT2D eigenvalue weighted by Crippen LogP contribution is -1.88. The minimum absolute atomic E-state index is 0.0475. The van der Waals surface area contributed by atoms with Crippen LogP contribution in [0.25, 0.3) is 0 Å². The van der Waals surface area contributed by atoms with E-state index in [0.29, 0.717) is 6.42 Å². The van der Waals surface area contributed by atoms with Crippen LogP contribution in [0.3, 0.4) is 0 Å². The molecule has 0 aromatic heterocycles. The maximum Gasteiger partial charge on any atom is 0.325 e. The Morgan fingerprint density at radius 2 is 1.29 bits per heavy atom. The average Bonchev–Trinajstić information content (AvgIpc) is 2.08. The molecule has 0 aliphatic carbocycles. The molecular weight excluding hydrogens is 199 g/mol. The molecule has 0 atom stereocenters. The molecule has 0 saturated carbocycles. The lowest BCUT2D eigenvalue weighted by molar-refractivity contribution is 0.370. The van der Waals surface area contributed by atoms with Crippen LogP contribution in [0.15, 0.2) is 0 Å². The first-order chi connectivity index (χ1) is 6.56. The molecule has 0 amide bonds. The van der Waals surface area contributed by atoms with Crippen molar-refractivity contribution in [3.8, 4) is 0 Å². The summed E-state index contributed by atoms with van der Waals surface area (Å²) in [5, 5.41) is 0. The van der Waals surface area contributed by atoms with Crippen LogP contribution >= 0.6 is 7.60 Å². The number of unbranched alkanes of at least 4 members (excludes halogenated alkanes) is 7. The molecule has 0 heterocycles. The predicted octanol–water partition coefficient (Wildman–Crippen LogP) is 3.12. The van der Waals surface area contributed by atoms with Crippen molar-refractivity contribution in [3.05, 3.63) is 6.92 Å². The Kier molecular flexibility index (Phi) is 8.55. The molecule has 1 radical (unpaired) electrons. The fourth-order valence-electron chi connectivity index (χ4n) is 1.38. The highest BCUT2D eigenvalue weighted by Gasteiger charge is 2.10. The van der Waals surface area contributed by atoms with E-state index in [1.54, 1.807) is 0 Å². The molecule has 0 bridgehead atoms. The summed E-state index contributed by atoms with van der Waals surface area (Å²) in [6.07, 6.45) is 8.59. The van der Waals surface area contributed by atoms with E-state index in [1.807, 2.05) is 0 Å². The Morgan fingerprint density at radius 1 is 0.857 bits per heavy atom. The molecule has 0 rings (SSSR count). The maximum absolute atomic E-state index is 10.5. The molecule has 0 fully saturated rings. The lowest BCUT2D eigenvalue weighted by Gasteiger charge is -2.03. The molecule has 4 heteroatoms. The van der Waals surface area contributed by atoms with Crippen molar-refractivity contribution >= 4 is 7.60 Å². The van der Waals surface area contributed by atoms with E-state index in [1.165, 1.54) is 25.7 Å². The topological polar surface area (TPSA) is 57.5 Å². The molecule has 0 aliphatic rings. The average molecular weight is 221 g/mol. The van der Waals surface area contributed by atoms with Gasteiger partial charge in [-0.3, -0.25) is 4.57 Å². The molecule has 14 heavy (non-hydrogen) atoms. The molecule has 0 saturated heterocycles. The van der Waals surface area contributed by atoms with E-state index in [4.69, 9.17) is 9.79 Å². The van der Waals surface area contributed by atoms with Gasteiger partial charge in [0.25, 0.3) is 0 Å². The Morgan fingerprint density at radius 3 is 1.71 bits per heavy atom. The highest BCUT2D eigenvalue weighted by Crippen LogP contribution is 2.35. The van der Waals surface area contributed by atoms with Crippen molar-refractivity contribution in [3.63, 3.8) is 0 Å². The van der Waals surface area contributed by atoms with Gasteiger partial charge in [0, 0.05) is 6.16 Å². The predicted molar refractivity (Wildman–Crippen MR) is 59.2 cm³/mol. The smallest absolute Gasteiger partial charge is 0.324 e. The van der Waals surface area contributed by atoms with E-state index in [0.717, 1.165) is 19.3 Å². The number of rotatable bonds is 9. The van der Waals surface area contributed by atoms with Gasteiger partial charge in [-0.05, 0) is 6.42 Å². The van der Waals surface area contributed by atoms with Crippen molar-refractivity contribution in [1.29, 1.82) is 0 Å². The third kappa shape index (κ3) is 12.2. The van der Waals surface area contributed by atoms with E-state index in [9.17, 15) is 4.57 Å². The molecule has 0 spiro atoms. The van der Waals surface area contributed by atoms with Crippen molar-refractivity contribution in [2.75, 3.05) is 6.16 Å². The van der Waals surface area contributed by atoms with Gasteiger partial charge >= 0.3 is 7.60 Å². The van der Waals surface area contributed by atoms with Gasteiger partial charge in [0.1, 0.15) is 0 Å². The van der Waals surface area contributed by atoms with E-state index >= 15 is 0 Å². The largest absolute Gasteiger partial charge is 0.325 e. The summed E-state index contributed by atoms with van der Waals surface area (Å²) in [4.78, 5) is 17.2. The summed E-state index contributed by atoms with van der Waals surface area (Å²) in [7, 11) is -3.74. The Labute approximate surface area is 87.1 Å². The van der Waals surface area contributed by atoms with Crippen LogP contribution in [0.5, 0.6) is 0 Å². The summed E-state index contributed by atoms with van der Waals surface area (Å²) < 4.78 is 10.5. The highest BCUT2D eigenvalue weighted by atomic mass is 31.2. The zero-order valence-electron chi connectivity index (χ0n) is 8.82. The molecular formula is C10H22O3P. The van der Waals surface area contributed by atoms with Gasteiger partial charge in [0.15, 0.2) is 0 Å². The van der Waals surface area contributed by atoms with Crippen molar-refractivity contribution in [2.45, 2.75) is 51.4 Å². The molecule has 2 N–H and O–H groups in total. The summed E-state index contributed by atoms with van der Waals surface area (Å²) in [6, 6.07) is 0. The second-order valence-electron chi connectivity index (χ2n) is 3.72. The first-order valence-electron chi connectivity index (χ1n) is 5.40. The van der Waals surface area contributed by atoms with Crippen LogP contribution in [0.1, 0.15) is 51.4 Å². The first kappa shape index (κ1) is 14.2. The highest BCUT2D eigenvalue weighted by molar-refractivity contribution is 7.51. The minimum atomic E-state index is -3.74. The van der Waals surface area contributed by atoms with Crippen LogP contribution in [0.4, 0.5) is 0 Å². The van der Waals surface area contributed by atoms with Crippen LogP contribution in [-0.4, -0.2) is 15.9 Å². The maximum atomic E-state index is 10.5. The molecule has 85 valence electrons. The van der Waals surface area contributed by atoms with Crippen LogP contribution < -0.4 is 0 Å². The number of hydrogen-bond acceptors (Lipinski definition) is 1.